The molecule has 3 rings (SSSR count). The highest BCUT2D eigenvalue weighted by Gasteiger charge is 2.01. The average molecular weight is 395 g/mol. The molecule has 0 radical (unpaired) electrons. The molecule has 0 saturated heterocycles. The van der Waals surface area contributed by atoms with E-state index in [1.54, 1.807) is 6.07 Å². The van der Waals surface area contributed by atoms with E-state index >= 15 is 0 Å². The van der Waals surface area contributed by atoms with Crippen molar-refractivity contribution >= 4 is 28.1 Å². The molecule has 4 heteroatoms. The minimum absolute atomic E-state index is 0.111. The summed E-state index contributed by atoms with van der Waals surface area (Å²) in [7, 11) is 0. The summed E-state index contributed by atoms with van der Waals surface area (Å²) < 4.78 is 1.04. The maximum atomic E-state index is 11.9. The van der Waals surface area contributed by atoms with Crippen LogP contribution in [0.4, 0.5) is 0 Å². The first kappa shape index (κ1) is 17.4. The van der Waals surface area contributed by atoms with Crippen LogP contribution < -0.4 is 5.56 Å². The molecule has 0 saturated carbocycles. The molecule has 25 heavy (non-hydrogen) atoms. The van der Waals surface area contributed by atoms with Crippen molar-refractivity contribution in [3.8, 4) is 0 Å². The van der Waals surface area contributed by atoms with Gasteiger partial charge < -0.3 is 4.98 Å². The summed E-state index contributed by atoms with van der Waals surface area (Å²) in [5, 5.41) is 0. The van der Waals surface area contributed by atoms with Gasteiger partial charge >= 0.3 is 0 Å². The van der Waals surface area contributed by atoms with E-state index in [-0.39, 0.29) is 5.56 Å². The highest BCUT2D eigenvalue weighted by atomic mass is 79.9. The number of benzene rings is 2. The summed E-state index contributed by atoms with van der Waals surface area (Å²) in [6.07, 6.45) is 6.53. The summed E-state index contributed by atoms with van der Waals surface area (Å²) in [6.45, 7) is 0. The van der Waals surface area contributed by atoms with E-state index in [0.717, 1.165) is 35.0 Å². The van der Waals surface area contributed by atoms with Gasteiger partial charge in [0.05, 0.1) is 0 Å². The molecule has 0 aliphatic rings. The van der Waals surface area contributed by atoms with E-state index in [2.05, 4.69) is 38.0 Å². The van der Waals surface area contributed by atoms with Gasteiger partial charge in [0.1, 0.15) is 5.82 Å². The largest absolute Gasteiger partial charge is 0.307 e. The number of aryl methyl sites for hydroxylation is 2. The van der Waals surface area contributed by atoms with Crippen LogP contribution in [-0.4, -0.2) is 9.97 Å². The third-order valence-electron chi connectivity index (χ3n) is 3.86. The molecule has 0 spiro atoms. The molecule has 2 aromatic carbocycles. The third kappa shape index (κ3) is 5.54. The van der Waals surface area contributed by atoms with E-state index in [1.165, 1.54) is 5.56 Å². The highest BCUT2D eigenvalue weighted by Crippen LogP contribution is 2.12. The fourth-order valence-electron chi connectivity index (χ4n) is 2.60. The molecular weight excluding hydrogens is 376 g/mol. The van der Waals surface area contributed by atoms with Gasteiger partial charge in [-0.1, -0.05) is 64.5 Å². The zero-order chi connectivity index (χ0) is 17.5. The van der Waals surface area contributed by atoms with Crippen molar-refractivity contribution in [2.45, 2.75) is 19.3 Å². The lowest BCUT2D eigenvalue weighted by Crippen LogP contribution is -2.10. The van der Waals surface area contributed by atoms with E-state index in [0.29, 0.717) is 5.82 Å². The van der Waals surface area contributed by atoms with Crippen molar-refractivity contribution in [2.24, 2.45) is 0 Å². The molecule has 1 heterocycles. The Morgan fingerprint density at radius 2 is 1.72 bits per heavy atom. The Morgan fingerprint density at radius 1 is 0.960 bits per heavy atom. The molecular formula is C21H19BrN2O. The summed E-state index contributed by atoms with van der Waals surface area (Å²) in [5.41, 5.74) is 3.08. The minimum atomic E-state index is -0.111. The van der Waals surface area contributed by atoms with Crippen LogP contribution in [0.1, 0.15) is 29.1 Å². The van der Waals surface area contributed by atoms with Crippen LogP contribution in [0.2, 0.25) is 0 Å². The van der Waals surface area contributed by atoms with E-state index < -0.39 is 0 Å². The van der Waals surface area contributed by atoms with Gasteiger partial charge in [0.15, 0.2) is 0 Å². The Balaban J connectivity index is 1.65. The lowest BCUT2D eigenvalue weighted by molar-refractivity contribution is 0.790. The molecule has 0 unspecified atom stereocenters. The van der Waals surface area contributed by atoms with Gasteiger partial charge in [0.2, 0.25) is 0 Å². The van der Waals surface area contributed by atoms with Crippen LogP contribution in [0, 0.1) is 0 Å². The predicted molar refractivity (Wildman–Crippen MR) is 106 cm³/mol. The third-order valence-corrected chi connectivity index (χ3v) is 4.39. The van der Waals surface area contributed by atoms with Crippen molar-refractivity contribution in [2.75, 3.05) is 0 Å². The van der Waals surface area contributed by atoms with Crippen molar-refractivity contribution in [3.63, 3.8) is 0 Å². The van der Waals surface area contributed by atoms with Gasteiger partial charge in [0.25, 0.3) is 5.56 Å². The second-order valence-electron chi connectivity index (χ2n) is 5.85. The molecule has 0 aliphatic carbocycles. The van der Waals surface area contributed by atoms with Crippen molar-refractivity contribution in [1.29, 1.82) is 0 Å². The van der Waals surface area contributed by atoms with Gasteiger partial charge in [-0.05, 0) is 48.6 Å². The monoisotopic (exact) mass is 394 g/mol. The molecule has 0 amide bonds. The van der Waals surface area contributed by atoms with Crippen LogP contribution in [0.5, 0.6) is 0 Å². The highest BCUT2D eigenvalue weighted by molar-refractivity contribution is 9.10. The standard InChI is InChI=1S/C21H19BrN2O/c22-18-12-9-17(10-13-18)11-14-20-23-19(15-21(25)24-20)8-4-7-16-5-2-1-3-6-16/h1-3,5-6,9-15H,4,7-8H2,(H,23,24,25)/b14-11+. The number of aromatic nitrogens is 2. The first-order valence-corrected chi connectivity index (χ1v) is 9.06. The fraction of sp³-hybridized carbons (Fsp3) is 0.143. The topological polar surface area (TPSA) is 45.8 Å². The van der Waals surface area contributed by atoms with Gasteiger partial charge in [-0.15, -0.1) is 0 Å². The maximum absolute atomic E-state index is 11.9. The second kappa shape index (κ2) is 8.58. The van der Waals surface area contributed by atoms with Crippen LogP contribution in [0.15, 0.2) is 69.9 Å². The normalized spacial score (nSPS) is 11.1. The number of hydrogen-bond donors (Lipinski definition) is 1. The Hall–Kier alpha value is -2.46. The number of halogens is 1. The smallest absolute Gasteiger partial charge is 0.251 e. The van der Waals surface area contributed by atoms with Gasteiger partial charge in [-0.3, -0.25) is 4.79 Å². The zero-order valence-electron chi connectivity index (χ0n) is 13.8. The number of hydrogen-bond acceptors (Lipinski definition) is 2. The molecule has 1 N–H and O–H groups in total. The Labute approximate surface area is 155 Å². The molecule has 3 nitrogen and oxygen atoms in total. The van der Waals surface area contributed by atoms with Crippen molar-refractivity contribution in [1.82, 2.24) is 9.97 Å². The minimum Gasteiger partial charge on any atom is -0.307 e. The number of aromatic amines is 1. The summed E-state index contributed by atoms with van der Waals surface area (Å²) in [5.74, 6) is 0.588. The quantitative estimate of drug-likeness (QED) is 0.647. The van der Waals surface area contributed by atoms with Gasteiger partial charge in [-0.2, -0.15) is 0 Å². The molecule has 0 atom stereocenters. The Morgan fingerprint density at radius 3 is 2.48 bits per heavy atom. The molecule has 0 bridgehead atoms. The average Bonchev–Trinajstić information content (AvgIpc) is 2.62. The van der Waals surface area contributed by atoms with Gasteiger partial charge in [0, 0.05) is 16.2 Å². The van der Waals surface area contributed by atoms with Crippen LogP contribution in [-0.2, 0) is 12.8 Å². The first-order chi connectivity index (χ1) is 12.2. The lowest BCUT2D eigenvalue weighted by Gasteiger charge is -2.03. The Bertz CT molecular complexity index is 899. The van der Waals surface area contributed by atoms with Crippen LogP contribution in [0.3, 0.4) is 0 Å². The Kier molecular flexibility index (Phi) is 5.96. The van der Waals surface area contributed by atoms with Crippen molar-refractivity contribution in [3.05, 3.63) is 98.1 Å². The SMILES string of the molecule is O=c1cc(CCCc2ccccc2)nc(/C=C/c2ccc(Br)cc2)[nH]1. The van der Waals surface area contributed by atoms with E-state index in [1.807, 2.05) is 54.6 Å². The number of nitrogens with zero attached hydrogens (tertiary/aromatic N) is 1. The van der Waals surface area contributed by atoms with Gasteiger partial charge in [-0.25, -0.2) is 4.98 Å². The lowest BCUT2D eigenvalue weighted by atomic mass is 10.1. The molecule has 0 aliphatic heterocycles. The predicted octanol–water partition coefficient (Wildman–Crippen LogP) is 4.88. The zero-order valence-corrected chi connectivity index (χ0v) is 15.4. The van der Waals surface area contributed by atoms with Crippen LogP contribution in [0.25, 0.3) is 12.2 Å². The molecule has 126 valence electrons. The molecule has 3 aromatic rings. The van der Waals surface area contributed by atoms with Crippen molar-refractivity contribution < 1.29 is 0 Å². The summed E-state index contributed by atoms with van der Waals surface area (Å²) >= 11 is 3.42. The summed E-state index contributed by atoms with van der Waals surface area (Å²) in [6, 6.07) is 19.9. The maximum Gasteiger partial charge on any atom is 0.251 e. The molecule has 0 fully saturated rings. The second-order valence-corrected chi connectivity index (χ2v) is 6.76. The fourth-order valence-corrected chi connectivity index (χ4v) is 2.87. The first-order valence-electron chi connectivity index (χ1n) is 8.27. The summed E-state index contributed by atoms with van der Waals surface area (Å²) in [4.78, 5) is 19.2. The van der Waals surface area contributed by atoms with Crippen LogP contribution >= 0.6 is 15.9 Å². The van der Waals surface area contributed by atoms with E-state index in [9.17, 15) is 4.79 Å². The number of nitrogens with one attached hydrogen (secondary N) is 1. The number of H-pyrrole nitrogens is 1. The number of rotatable bonds is 6. The molecule has 1 aromatic heterocycles. The van der Waals surface area contributed by atoms with E-state index in [4.69, 9.17) is 0 Å².